The SMILES string of the molecule is Cc1cc(OCSO)cc(C)c1Cc1ccc(O)c(C(C)C)c1. The van der Waals surface area contributed by atoms with Gasteiger partial charge in [-0.1, -0.05) is 26.0 Å². The van der Waals surface area contributed by atoms with Crippen LogP contribution in [0.3, 0.4) is 0 Å². The molecule has 0 aromatic heterocycles. The van der Waals surface area contributed by atoms with Gasteiger partial charge in [0.2, 0.25) is 0 Å². The van der Waals surface area contributed by atoms with E-state index in [2.05, 4.69) is 33.8 Å². The molecule has 0 amide bonds. The standard InChI is InChI=1S/C19H24O3S/c1-12(2)17-9-15(5-6-19(17)20)10-18-13(3)7-16(8-14(18)4)22-11-23-21/h5-9,12,20-21H,10-11H2,1-4H3. The summed E-state index contributed by atoms with van der Waals surface area (Å²) in [5.74, 6) is 1.67. The number of aromatic hydroxyl groups is 1. The number of ether oxygens (including phenoxy) is 1. The van der Waals surface area contributed by atoms with Gasteiger partial charge in [-0.05, 0) is 72.2 Å². The Balaban J connectivity index is 2.28. The van der Waals surface area contributed by atoms with Crippen LogP contribution in [-0.4, -0.2) is 15.6 Å². The molecular formula is C19H24O3S. The molecule has 0 aliphatic carbocycles. The fourth-order valence-corrected chi connectivity index (χ4v) is 2.98. The molecule has 2 rings (SSSR count). The zero-order valence-electron chi connectivity index (χ0n) is 14.1. The van der Waals surface area contributed by atoms with Gasteiger partial charge in [0.05, 0.1) is 0 Å². The first-order valence-corrected chi connectivity index (χ1v) is 8.67. The van der Waals surface area contributed by atoms with E-state index in [1.54, 1.807) is 6.07 Å². The van der Waals surface area contributed by atoms with Gasteiger partial charge in [-0.3, -0.25) is 0 Å². The topological polar surface area (TPSA) is 49.7 Å². The highest BCUT2D eigenvalue weighted by Crippen LogP contribution is 2.29. The van der Waals surface area contributed by atoms with Gasteiger partial charge in [0.25, 0.3) is 0 Å². The Labute approximate surface area is 142 Å². The molecule has 0 bridgehead atoms. The Morgan fingerprint density at radius 2 is 1.74 bits per heavy atom. The van der Waals surface area contributed by atoms with E-state index in [9.17, 15) is 5.11 Å². The van der Waals surface area contributed by atoms with E-state index >= 15 is 0 Å². The third kappa shape index (κ3) is 4.43. The minimum absolute atomic E-state index is 0.230. The van der Waals surface area contributed by atoms with Crippen molar-refractivity contribution in [2.75, 3.05) is 5.94 Å². The van der Waals surface area contributed by atoms with Crippen LogP contribution in [-0.2, 0) is 6.42 Å². The van der Waals surface area contributed by atoms with Crippen LogP contribution >= 0.6 is 12.0 Å². The van der Waals surface area contributed by atoms with Crippen molar-refractivity contribution >= 4 is 12.0 Å². The largest absolute Gasteiger partial charge is 0.508 e. The van der Waals surface area contributed by atoms with Crippen molar-refractivity contribution in [1.82, 2.24) is 0 Å². The second-order valence-corrected chi connectivity index (χ2v) is 6.65. The van der Waals surface area contributed by atoms with Crippen LogP contribution in [0.4, 0.5) is 0 Å². The molecule has 124 valence electrons. The monoisotopic (exact) mass is 332 g/mol. The number of phenols is 1. The van der Waals surface area contributed by atoms with Crippen molar-refractivity contribution in [2.45, 2.75) is 40.0 Å². The summed E-state index contributed by atoms with van der Waals surface area (Å²) < 4.78 is 14.2. The highest BCUT2D eigenvalue weighted by molar-refractivity contribution is 7.93. The highest BCUT2D eigenvalue weighted by Gasteiger charge is 2.11. The van der Waals surface area contributed by atoms with E-state index in [0.717, 1.165) is 17.7 Å². The maximum Gasteiger partial charge on any atom is 0.159 e. The van der Waals surface area contributed by atoms with Crippen molar-refractivity contribution in [3.8, 4) is 11.5 Å². The Bertz CT molecular complexity index is 657. The number of rotatable bonds is 6. The van der Waals surface area contributed by atoms with Crippen molar-refractivity contribution in [3.05, 3.63) is 58.1 Å². The molecule has 0 atom stereocenters. The molecule has 2 aromatic rings. The molecule has 0 aliphatic heterocycles. The average Bonchev–Trinajstić information content (AvgIpc) is 2.50. The molecular weight excluding hydrogens is 308 g/mol. The van der Waals surface area contributed by atoms with Crippen molar-refractivity contribution < 1.29 is 14.4 Å². The minimum Gasteiger partial charge on any atom is -0.508 e. The molecule has 23 heavy (non-hydrogen) atoms. The maximum atomic E-state index is 9.96. The molecule has 0 saturated carbocycles. The van der Waals surface area contributed by atoms with Crippen LogP contribution in [0.5, 0.6) is 11.5 Å². The molecule has 0 fully saturated rings. The predicted octanol–water partition coefficient (Wildman–Crippen LogP) is 5.27. The fraction of sp³-hybridized carbons (Fsp3) is 0.368. The van der Waals surface area contributed by atoms with Gasteiger partial charge < -0.3 is 14.4 Å². The quantitative estimate of drug-likeness (QED) is 0.559. The lowest BCUT2D eigenvalue weighted by molar-refractivity contribution is 0.384. The average molecular weight is 332 g/mol. The van der Waals surface area contributed by atoms with Crippen LogP contribution in [0.2, 0.25) is 0 Å². The molecule has 0 saturated heterocycles. The lowest BCUT2D eigenvalue weighted by Gasteiger charge is -2.15. The maximum absolute atomic E-state index is 9.96. The molecule has 0 radical (unpaired) electrons. The van der Waals surface area contributed by atoms with Crippen molar-refractivity contribution in [2.24, 2.45) is 0 Å². The van der Waals surface area contributed by atoms with Gasteiger partial charge in [-0.15, -0.1) is 0 Å². The van der Waals surface area contributed by atoms with Crippen LogP contribution in [0.1, 0.15) is 47.6 Å². The van der Waals surface area contributed by atoms with Gasteiger partial charge in [-0.2, -0.15) is 0 Å². The Kier molecular flexibility index (Phi) is 5.97. The van der Waals surface area contributed by atoms with E-state index in [1.807, 2.05) is 18.2 Å². The first kappa shape index (κ1) is 17.7. The predicted molar refractivity (Wildman–Crippen MR) is 96.6 cm³/mol. The normalized spacial score (nSPS) is 11.0. The Morgan fingerprint density at radius 1 is 1.09 bits per heavy atom. The smallest absolute Gasteiger partial charge is 0.159 e. The summed E-state index contributed by atoms with van der Waals surface area (Å²) in [5, 5.41) is 9.96. The minimum atomic E-state index is 0.230. The summed E-state index contributed by atoms with van der Waals surface area (Å²) >= 11 is 0.675. The van der Waals surface area contributed by atoms with Crippen molar-refractivity contribution in [1.29, 1.82) is 0 Å². The molecule has 3 nitrogen and oxygen atoms in total. The fourth-order valence-electron chi connectivity index (χ4n) is 2.79. The first-order valence-electron chi connectivity index (χ1n) is 7.73. The molecule has 2 aromatic carbocycles. The molecule has 0 unspecified atom stereocenters. The molecule has 0 heterocycles. The lowest BCUT2D eigenvalue weighted by Crippen LogP contribution is -2.00. The third-order valence-electron chi connectivity index (χ3n) is 4.04. The Hall–Kier alpha value is -1.65. The second-order valence-electron chi connectivity index (χ2n) is 6.15. The van der Waals surface area contributed by atoms with Crippen LogP contribution in [0, 0.1) is 13.8 Å². The first-order chi connectivity index (χ1) is 10.9. The zero-order valence-corrected chi connectivity index (χ0v) is 14.9. The summed E-state index contributed by atoms with van der Waals surface area (Å²) in [6.45, 7) is 8.32. The van der Waals surface area contributed by atoms with Gasteiger partial charge >= 0.3 is 0 Å². The third-order valence-corrected chi connectivity index (χ3v) is 4.27. The highest BCUT2D eigenvalue weighted by atomic mass is 32.2. The summed E-state index contributed by atoms with van der Waals surface area (Å²) in [6, 6.07) is 9.86. The summed E-state index contributed by atoms with van der Waals surface area (Å²) in [4.78, 5) is 0. The number of hydrogen-bond acceptors (Lipinski definition) is 4. The lowest BCUT2D eigenvalue weighted by atomic mass is 9.93. The molecule has 0 aliphatic rings. The Morgan fingerprint density at radius 3 is 2.30 bits per heavy atom. The summed E-state index contributed by atoms with van der Waals surface area (Å²) in [6.07, 6.45) is 0.826. The van der Waals surface area contributed by atoms with Gasteiger partial charge in [0.1, 0.15) is 11.5 Å². The zero-order chi connectivity index (χ0) is 17.0. The number of aryl methyl sites for hydroxylation is 2. The molecule has 2 N–H and O–H groups in total. The second kappa shape index (κ2) is 7.75. The van der Waals surface area contributed by atoms with Gasteiger partial charge in [0.15, 0.2) is 5.94 Å². The van der Waals surface area contributed by atoms with Crippen LogP contribution in [0.25, 0.3) is 0 Å². The summed E-state index contributed by atoms with van der Waals surface area (Å²) in [7, 11) is 0. The van der Waals surface area contributed by atoms with E-state index in [4.69, 9.17) is 9.29 Å². The molecule has 4 heteroatoms. The van der Waals surface area contributed by atoms with Crippen LogP contribution < -0.4 is 4.74 Å². The van der Waals surface area contributed by atoms with E-state index in [1.165, 1.54) is 22.3 Å². The van der Waals surface area contributed by atoms with Gasteiger partial charge in [-0.25, -0.2) is 0 Å². The molecule has 0 spiro atoms. The number of benzene rings is 2. The number of phenolic OH excluding ortho intramolecular Hbond substituents is 1. The van der Waals surface area contributed by atoms with E-state index in [-0.39, 0.29) is 5.94 Å². The van der Waals surface area contributed by atoms with Crippen LogP contribution in [0.15, 0.2) is 30.3 Å². The van der Waals surface area contributed by atoms with Crippen molar-refractivity contribution in [3.63, 3.8) is 0 Å². The van der Waals surface area contributed by atoms with Gasteiger partial charge in [0, 0.05) is 12.0 Å². The number of hydrogen-bond donors (Lipinski definition) is 2. The summed E-state index contributed by atoms with van der Waals surface area (Å²) in [5.41, 5.74) is 5.79. The van der Waals surface area contributed by atoms with E-state index in [0.29, 0.717) is 23.7 Å². The van der Waals surface area contributed by atoms with E-state index < -0.39 is 0 Å².